The van der Waals surface area contributed by atoms with Crippen LogP contribution < -0.4 is 10.1 Å². The fraction of sp³-hybridized carbons (Fsp3) is 0.562. The van der Waals surface area contributed by atoms with Gasteiger partial charge in [0, 0.05) is 31.1 Å². The number of carbonyl (C=O) groups is 1. The van der Waals surface area contributed by atoms with Gasteiger partial charge in [0.15, 0.2) is 9.84 Å². The normalized spacial score (nSPS) is 16.2. The highest BCUT2D eigenvalue weighted by molar-refractivity contribution is 7.90. The molecule has 0 saturated carbocycles. The lowest BCUT2D eigenvalue weighted by Crippen LogP contribution is -2.40. The number of rotatable bonds is 5. The predicted octanol–water partition coefficient (Wildman–Crippen LogP) is 2.37. The molecule has 0 atom stereocenters. The molecule has 7 heteroatoms. The fourth-order valence-corrected chi connectivity index (χ4v) is 2.77. The molecule has 1 aromatic carbocycles. The Bertz CT molecular complexity index is 637. The third-order valence-electron chi connectivity index (χ3n) is 3.88. The summed E-state index contributed by atoms with van der Waals surface area (Å²) in [6.45, 7) is 3.85. The highest BCUT2D eigenvalue weighted by Crippen LogP contribution is 2.20. The van der Waals surface area contributed by atoms with Crippen molar-refractivity contribution in [3.63, 3.8) is 0 Å². The molecule has 1 aliphatic rings. The van der Waals surface area contributed by atoms with Gasteiger partial charge in [-0.05, 0) is 30.9 Å². The van der Waals surface area contributed by atoms with Gasteiger partial charge in [-0.15, -0.1) is 0 Å². The van der Waals surface area contributed by atoms with E-state index in [1.54, 1.807) is 24.3 Å². The zero-order valence-corrected chi connectivity index (χ0v) is 14.4. The molecule has 1 saturated heterocycles. The highest BCUT2D eigenvalue weighted by atomic mass is 32.2. The zero-order chi connectivity index (χ0) is 16.9. The van der Waals surface area contributed by atoms with Crippen molar-refractivity contribution in [1.29, 1.82) is 0 Å². The number of hydrogen-bond donors (Lipinski definition) is 1. The smallest absolute Gasteiger partial charge is 0.321 e. The van der Waals surface area contributed by atoms with Crippen LogP contribution in [0.2, 0.25) is 0 Å². The number of likely N-dealkylation sites (tertiary alicyclic amines) is 1. The van der Waals surface area contributed by atoms with E-state index in [0.29, 0.717) is 17.4 Å². The molecular formula is C16H24N2O4S. The third kappa shape index (κ3) is 6.09. The first-order valence-electron chi connectivity index (χ1n) is 7.80. The number of benzene rings is 1. The number of hydrogen-bond acceptors (Lipinski definition) is 4. The number of sulfone groups is 1. The van der Waals surface area contributed by atoms with E-state index in [2.05, 4.69) is 12.2 Å². The maximum atomic E-state index is 12.2. The van der Waals surface area contributed by atoms with E-state index in [1.165, 1.54) is 6.26 Å². The van der Waals surface area contributed by atoms with E-state index >= 15 is 0 Å². The van der Waals surface area contributed by atoms with Crippen molar-refractivity contribution in [3.05, 3.63) is 24.3 Å². The van der Waals surface area contributed by atoms with Gasteiger partial charge in [0.2, 0.25) is 0 Å². The van der Waals surface area contributed by atoms with Crippen LogP contribution in [0, 0.1) is 5.92 Å². The van der Waals surface area contributed by atoms with Crippen molar-refractivity contribution in [2.75, 3.05) is 37.0 Å². The fourth-order valence-electron chi connectivity index (χ4n) is 2.39. The number of nitrogens with one attached hydrogen (secondary N) is 1. The van der Waals surface area contributed by atoms with E-state index in [-0.39, 0.29) is 18.4 Å². The molecular weight excluding hydrogens is 316 g/mol. The van der Waals surface area contributed by atoms with Crippen LogP contribution in [-0.4, -0.2) is 51.1 Å². The maximum absolute atomic E-state index is 12.2. The van der Waals surface area contributed by atoms with Crippen LogP contribution >= 0.6 is 0 Å². The first-order valence-corrected chi connectivity index (χ1v) is 9.86. The van der Waals surface area contributed by atoms with Gasteiger partial charge < -0.3 is 15.0 Å². The van der Waals surface area contributed by atoms with Gasteiger partial charge in [0.05, 0.1) is 5.75 Å². The van der Waals surface area contributed by atoms with E-state index in [1.807, 2.05) is 4.90 Å². The highest BCUT2D eigenvalue weighted by Gasteiger charge is 2.20. The number of ether oxygens (including phenoxy) is 1. The van der Waals surface area contributed by atoms with Gasteiger partial charge in [0.1, 0.15) is 12.4 Å². The van der Waals surface area contributed by atoms with Crippen molar-refractivity contribution >= 4 is 21.6 Å². The second-order valence-corrected chi connectivity index (χ2v) is 8.37. The van der Waals surface area contributed by atoms with Crippen LogP contribution in [0.4, 0.5) is 10.5 Å². The Balaban J connectivity index is 1.88. The van der Waals surface area contributed by atoms with Gasteiger partial charge in [0.25, 0.3) is 0 Å². The summed E-state index contributed by atoms with van der Waals surface area (Å²) < 4.78 is 27.6. The summed E-state index contributed by atoms with van der Waals surface area (Å²) in [5, 5.41) is 2.86. The first-order chi connectivity index (χ1) is 10.8. The minimum absolute atomic E-state index is 0.0322. The summed E-state index contributed by atoms with van der Waals surface area (Å²) in [4.78, 5) is 14.0. The molecule has 128 valence electrons. The van der Waals surface area contributed by atoms with E-state index in [4.69, 9.17) is 4.74 Å². The lowest BCUT2D eigenvalue weighted by atomic mass is 10.00. The Kier molecular flexibility index (Phi) is 5.87. The molecule has 6 nitrogen and oxygen atoms in total. The molecule has 1 heterocycles. The van der Waals surface area contributed by atoms with E-state index in [0.717, 1.165) is 25.9 Å². The Morgan fingerprint density at radius 2 is 2.04 bits per heavy atom. The summed E-state index contributed by atoms with van der Waals surface area (Å²) in [5.74, 6) is 1.18. The topological polar surface area (TPSA) is 75.7 Å². The van der Waals surface area contributed by atoms with Crippen LogP contribution in [0.3, 0.4) is 0 Å². The Hall–Kier alpha value is -1.76. The average molecular weight is 340 g/mol. The lowest BCUT2D eigenvalue weighted by molar-refractivity contribution is 0.186. The summed E-state index contributed by atoms with van der Waals surface area (Å²) >= 11 is 0. The minimum Gasteiger partial charge on any atom is -0.492 e. The average Bonchev–Trinajstić information content (AvgIpc) is 2.47. The molecule has 0 radical (unpaired) electrons. The number of piperidine rings is 1. The molecule has 1 aliphatic heterocycles. The quantitative estimate of drug-likeness (QED) is 0.893. The van der Waals surface area contributed by atoms with Crippen LogP contribution in [-0.2, 0) is 9.84 Å². The van der Waals surface area contributed by atoms with Gasteiger partial charge >= 0.3 is 6.03 Å². The van der Waals surface area contributed by atoms with Gasteiger partial charge in [-0.25, -0.2) is 13.2 Å². The Labute approximate surface area is 137 Å². The first kappa shape index (κ1) is 17.6. The molecule has 1 aromatic rings. The monoisotopic (exact) mass is 340 g/mol. The summed E-state index contributed by atoms with van der Waals surface area (Å²) in [5.41, 5.74) is 0.644. The molecule has 23 heavy (non-hydrogen) atoms. The lowest BCUT2D eigenvalue weighted by Gasteiger charge is -2.30. The molecule has 2 rings (SSSR count). The molecule has 1 fully saturated rings. The van der Waals surface area contributed by atoms with Crippen LogP contribution in [0.5, 0.6) is 5.75 Å². The number of carbonyl (C=O) groups excluding carboxylic acids is 1. The minimum atomic E-state index is -3.04. The molecule has 0 aromatic heterocycles. The maximum Gasteiger partial charge on any atom is 0.321 e. The molecule has 1 N–H and O–H groups in total. The van der Waals surface area contributed by atoms with Crippen LogP contribution in [0.1, 0.15) is 19.8 Å². The third-order valence-corrected chi connectivity index (χ3v) is 4.79. The molecule has 0 bridgehead atoms. The van der Waals surface area contributed by atoms with Gasteiger partial charge in [-0.2, -0.15) is 0 Å². The number of amides is 2. The van der Waals surface area contributed by atoms with Crippen LogP contribution in [0.15, 0.2) is 24.3 Å². The second kappa shape index (κ2) is 7.68. The summed E-state index contributed by atoms with van der Waals surface area (Å²) in [6.07, 6.45) is 3.23. The molecule has 0 unspecified atom stereocenters. The van der Waals surface area contributed by atoms with Crippen molar-refractivity contribution in [3.8, 4) is 5.75 Å². The van der Waals surface area contributed by atoms with E-state index in [9.17, 15) is 13.2 Å². The second-order valence-electron chi connectivity index (χ2n) is 6.11. The van der Waals surface area contributed by atoms with Crippen molar-refractivity contribution in [2.45, 2.75) is 19.8 Å². The molecule has 2 amide bonds. The predicted molar refractivity (Wildman–Crippen MR) is 90.6 cm³/mol. The molecule has 0 aliphatic carbocycles. The molecule has 0 spiro atoms. The van der Waals surface area contributed by atoms with Gasteiger partial charge in [-0.1, -0.05) is 13.0 Å². The SMILES string of the molecule is CC1CCN(C(=O)Nc2cccc(OCCS(C)(=O)=O)c2)CC1. The Morgan fingerprint density at radius 1 is 1.35 bits per heavy atom. The van der Waals surface area contributed by atoms with Crippen LogP contribution in [0.25, 0.3) is 0 Å². The van der Waals surface area contributed by atoms with Crippen molar-refractivity contribution in [1.82, 2.24) is 4.90 Å². The van der Waals surface area contributed by atoms with Gasteiger partial charge in [-0.3, -0.25) is 0 Å². The summed E-state index contributed by atoms with van der Waals surface area (Å²) in [7, 11) is -3.04. The summed E-state index contributed by atoms with van der Waals surface area (Å²) in [6, 6.07) is 6.88. The van der Waals surface area contributed by atoms with E-state index < -0.39 is 9.84 Å². The standard InChI is InChI=1S/C16H24N2O4S/c1-13-6-8-18(9-7-13)16(19)17-14-4-3-5-15(12-14)22-10-11-23(2,20)21/h3-5,12-13H,6-11H2,1-2H3,(H,17,19). The van der Waals surface area contributed by atoms with Crippen molar-refractivity contribution in [2.24, 2.45) is 5.92 Å². The number of urea groups is 1. The number of anilines is 1. The van der Waals surface area contributed by atoms with Crippen molar-refractivity contribution < 1.29 is 17.9 Å². The number of nitrogens with zero attached hydrogens (tertiary/aromatic N) is 1. The Morgan fingerprint density at radius 3 is 2.70 bits per heavy atom. The zero-order valence-electron chi connectivity index (χ0n) is 13.6. The largest absolute Gasteiger partial charge is 0.492 e.